The predicted octanol–water partition coefficient (Wildman–Crippen LogP) is 1.24. The molecular weight excluding hydrogens is 406 g/mol. The van der Waals surface area contributed by atoms with Gasteiger partial charge in [-0.3, -0.25) is 14.2 Å². The van der Waals surface area contributed by atoms with Gasteiger partial charge < -0.3 is 10.2 Å². The van der Waals surface area contributed by atoms with Crippen molar-refractivity contribution in [2.45, 2.75) is 38.3 Å². The molecule has 0 bridgehead atoms. The van der Waals surface area contributed by atoms with Gasteiger partial charge >= 0.3 is 0 Å². The van der Waals surface area contributed by atoms with Crippen molar-refractivity contribution in [1.82, 2.24) is 24.1 Å². The van der Waals surface area contributed by atoms with Crippen molar-refractivity contribution >= 4 is 21.8 Å². The number of nitrogens with zero attached hydrogens (tertiary/aromatic N) is 4. The zero-order valence-corrected chi connectivity index (χ0v) is 18.6. The molecule has 1 aromatic heterocycles. The summed E-state index contributed by atoms with van der Waals surface area (Å²) in [6.07, 6.45) is 1.45. The third-order valence-corrected chi connectivity index (χ3v) is 7.16. The SMILES string of the molecule is CC(C)C(C)NC(=O)c1ncn2c1CN(CC(=O)N(C)C)S(=O)(=O)c1ccccc1-2. The molecule has 3 rings (SSSR count). The van der Waals surface area contributed by atoms with Crippen LogP contribution in [0.2, 0.25) is 0 Å². The zero-order chi connectivity index (χ0) is 22.2. The summed E-state index contributed by atoms with van der Waals surface area (Å²) in [6, 6.07) is 6.42. The Kier molecular flexibility index (Phi) is 6.00. The van der Waals surface area contributed by atoms with E-state index in [1.54, 1.807) is 36.9 Å². The zero-order valence-electron chi connectivity index (χ0n) is 17.8. The standard InChI is InChI=1S/C20H27N5O4S/c1-13(2)14(3)22-20(27)19-16-10-24(11-18(26)23(4)5)30(28,29)17-9-7-6-8-15(17)25(16)12-21-19/h6-9,12-14H,10-11H2,1-5H3,(H,22,27). The van der Waals surface area contributed by atoms with E-state index < -0.39 is 10.0 Å². The van der Waals surface area contributed by atoms with Gasteiger partial charge in [-0.1, -0.05) is 26.0 Å². The summed E-state index contributed by atoms with van der Waals surface area (Å²) in [7, 11) is -0.826. The first-order valence-electron chi connectivity index (χ1n) is 9.70. The average molecular weight is 434 g/mol. The van der Waals surface area contributed by atoms with Crippen LogP contribution in [0, 0.1) is 5.92 Å². The number of hydrogen-bond donors (Lipinski definition) is 1. The number of carbonyl (C=O) groups excluding carboxylic acids is 2. The lowest BCUT2D eigenvalue weighted by atomic mass is 10.1. The molecule has 1 N–H and O–H groups in total. The minimum atomic E-state index is -3.96. The molecule has 0 aliphatic carbocycles. The van der Waals surface area contributed by atoms with Gasteiger partial charge in [-0.05, 0) is 25.0 Å². The summed E-state index contributed by atoms with van der Waals surface area (Å²) in [5.41, 5.74) is 0.969. The second-order valence-electron chi connectivity index (χ2n) is 7.95. The van der Waals surface area contributed by atoms with Crippen molar-refractivity contribution in [3.63, 3.8) is 0 Å². The third-order valence-electron chi connectivity index (χ3n) is 5.32. The van der Waals surface area contributed by atoms with E-state index in [1.165, 1.54) is 17.3 Å². The van der Waals surface area contributed by atoms with Gasteiger partial charge in [0.25, 0.3) is 5.91 Å². The average Bonchev–Trinajstić information content (AvgIpc) is 3.07. The third kappa shape index (κ3) is 3.97. The maximum absolute atomic E-state index is 13.3. The molecule has 1 aliphatic rings. The number of carbonyl (C=O) groups is 2. The molecule has 0 saturated carbocycles. The van der Waals surface area contributed by atoms with Gasteiger partial charge in [0.1, 0.15) is 11.2 Å². The van der Waals surface area contributed by atoms with Crippen LogP contribution in [-0.2, 0) is 21.4 Å². The number of hydrogen-bond acceptors (Lipinski definition) is 5. The van der Waals surface area contributed by atoms with E-state index in [0.29, 0.717) is 11.4 Å². The Morgan fingerprint density at radius 2 is 1.87 bits per heavy atom. The molecule has 1 aromatic carbocycles. The first-order valence-corrected chi connectivity index (χ1v) is 11.1. The molecular formula is C20H27N5O4S. The molecule has 0 saturated heterocycles. The molecule has 2 heterocycles. The molecule has 0 radical (unpaired) electrons. The number of rotatable bonds is 5. The number of aromatic nitrogens is 2. The normalized spacial score (nSPS) is 16.3. The highest BCUT2D eigenvalue weighted by Gasteiger charge is 2.36. The lowest BCUT2D eigenvalue weighted by molar-refractivity contribution is -0.128. The first kappa shape index (κ1) is 22.0. The fraction of sp³-hybridized carbons (Fsp3) is 0.450. The largest absolute Gasteiger partial charge is 0.348 e. The van der Waals surface area contributed by atoms with Gasteiger partial charge in [-0.15, -0.1) is 0 Å². The van der Waals surface area contributed by atoms with Crippen LogP contribution >= 0.6 is 0 Å². The number of imidazole rings is 1. The molecule has 0 fully saturated rings. The van der Waals surface area contributed by atoms with E-state index in [2.05, 4.69) is 10.3 Å². The summed E-state index contributed by atoms with van der Waals surface area (Å²) in [6.45, 7) is 5.42. The van der Waals surface area contributed by atoms with Crippen LogP contribution < -0.4 is 5.32 Å². The smallest absolute Gasteiger partial charge is 0.272 e. The maximum atomic E-state index is 13.3. The lowest BCUT2D eigenvalue weighted by Crippen LogP contribution is -2.40. The van der Waals surface area contributed by atoms with Crippen LogP contribution in [0.15, 0.2) is 35.5 Å². The fourth-order valence-electron chi connectivity index (χ4n) is 3.06. The van der Waals surface area contributed by atoms with E-state index in [-0.39, 0.29) is 47.5 Å². The Balaban J connectivity index is 2.12. The van der Waals surface area contributed by atoms with E-state index >= 15 is 0 Å². The quantitative estimate of drug-likeness (QED) is 0.764. The Hall–Kier alpha value is -2.72. The van der Waals surface area contributed by atoms with Gasteiger partial charge in [0, 0.05) is 20.1 Å². The second-order valence-corrected chi connectivity index (χ2v) is 9.85. The topological polar surface area (TPSA) is 105 Å². The van der Waals surface area contributed by atoms with Crippen LogP contribution in [0.4, 0.5) is 0 Å². The van der Waals surface area contributed by atoms with Crippen LogP contribution in [0.5, 0.6) is 0 Å². The van der Waals surface area contributed by atoms with Crippen molar-refractivity contribution in [3.8, 4) is 5.69 Å². The molecule has 2 aromatic rings. The summed E-state index contributed by atoms with van der Waals surface area (Å²) in [5.74, 6) is -0.505. The summed E-state index contributed by atoms with van der Waals surface area (Å²) in [4.78, 5) is 30.9. The maximum Gasteiger partial charge on any atom is 0.272 e. The van der Waals surface area contributed by atoms with Crippen molar-refractivity contribution in [2.75, 3.05) is 20.6 Å². The molecule has 9 nitrogen and oxygen atoms in total. The number of sulfonamides is 1. The summed E-state index contributed by atoms with van der Waals surface area (Å²) in [5, 5.41) is 2.91. The number of fused-ring (bicyclic) bond motifs is 3. The number of nitrogens with one attached hydrogen (secondary N) is 1. The van der Waals surface area contributed by atoms with E-state index in [4.69, 9.17) is 0 Å². The molecule has 1 unspecified atom stereocenters. The van der Waals surface area contributed by atoms with Crippen LogP contribution in [0.25, 0.3) is 5.69 Å². The lowest BCUT2D eigenvalue weighted by Gasteiger charge is -2.22. The van der Waals surface area contributed by atoms with Crippen molar-refractivity contribution in [3.05, 3.63) is 42.0 Å². The number of benzene rings is 1. The highest BCUT2D eigenvalue weighted by atomic mass is 32.2. The Morgan fingerprint density at radius 3 is 2.50 bits per heavy atom. The minimum absolute atomic E-state index is 0.0650. The summed E-state index contributed by atoms with van der Waals surface area (Å²) >= 11 is 0. The molecule has 1 atom stereocenters. The van der Waals surface area contributed by atoms with Gasteiger partial charge in [-0.25, -0.2) is 13.4 Å². The van der Waals surface area contributed by atoms with Crippen LogP contribution in [-0.4, -0.2) is 65.7 Å². The molecule has 0 spiro atoms. The Labute approximate surface area is 176 Å². The van der Waals surface area contributed by atoms with Crippen molar-refractivity contribution < 1.29 is 18.0 Å². The monoisotopic (exact) mass is 433 g/mol. The molecule has 10 heteroatoms. The highest BCUT2D eigenvalue weighted by molar-refractivity contribution is 7.89. The van der Waals surface area contributed by atoms with Gasteiger partial charge in [0.05, 0.1) is 24.5 Å². The summed E-state index contributed by atoms with van der Waals surface area (Å²) < 4.78 is 29.3. The number of likely N-dealkylation sites (N-methyl/N-ethyl adjacent to an activating group) is 1. The van der Waals surface area contributed by atoms with Crippen molar-refractivity contribution in [2.24, 2.45) is 5.92 Å². The molecule has 162 valence electrons. The highest BCUT2D eigenvalue weighted by Crippen LogP contribution is 2.31. The number of amides is 2. The Morgan fingerprint density at radius 1 is 1.20 bits per heavy atom. The van der Waals surface area contributed by atoms with Gasteiger partial charge in [-0.2, -0.15) is 4.31 Å². The second kappa shape index (κ2) is 8.19. The minimum Gasteiger partial charge on any atom is -0.348 e. The first-order chi connectivity index (χ1) is 14.0. The van der Waals surface area contributed by atoms with Crippen LogP contribution in [0.1, 0.15) is 37.0 Å². The van der Waals surface area contributed by atoms with E-state index in [0.717, 1.165) is 4.31 Å². The fourth-order valence-corrected chi connectivity index (χ4v) is 4.59. The van der Waals surface area contributed by atoms with E-state index in [1.807, 2.05) is 20.8 Å². The predicted molar refractivity (Wildman–Crippen MR) is 112 cm³/mol. The van der Waals surface area contributed by atoms with Crippen molar-refractivity contribution in [1.29, 1.82) is 0 Å². The molecule has 2 amide bonds. The number of para-hydroxylation sites is 1. The van der Waals surface area contributed by atoms with Gasteiger partial charge in [0.15, 0.2) is 5.69 Å². The van der Waals surface area contributed by atoms with Gasteiger partial charge in [0.2, 0.25) is 15.9 Å². The molecule has 30 heavy (non-hydrogen) atoms. The Bertz CT molecular complexity index is 1070. The molecule has 1 aliphatic heterocycles. The van der Waals surface area contributed by atoms with E-state index in [9.17, 15) is 18.0 Å². The van der Waals surface area contributed by atoms with Crippen LogP contribution in [0.3, 0.4) is 0 Å².